The molecule has 0 atom stereocenters. The van der Waals surface area contributed by atoms with Crippen molar-refractivity contribution in [2.24, 2.45) is 5.41 Å². The summed E-state index contributed by atoms with van der Waals surface area (Å²) in [6.45, 7) is 0.876. The maximum absolute atomic E-state index is 10.6. The Bertz CT molecular complexity index is 854. The van der Waals surface area contributed by atoms with Gasteiger partial charge in [-0.15, -0.1) is 0 Å². The zero-order valence-corrected chi connectivity index (χ0v) is 17.3. The van der Waals surface area contributed by atoms with Gasteiger partial charge in [-0.2, -0.15) is 0 Å². The Morgan fingerprint density at radius 3 is 2.40 bits per heavy atom. The third-order valence-electron chi connectivity index (χ3n) is 6.40. The first-order chi connectivity index (χ1) is 14.5. The first kappa shape index (κ1) is 20.7. The zero-order valence-electron chi connectivity index (χ0n) is 17.3. The predicted octanol–water partition coefficient (Wildman–Crippen LogP) is 4.76. The molecule has 2 bridgehead atoms. The molecule has 2 heterocycles. The SMILES string of the molecule is COc1cc(Oc2ccccc2)cc(C23CCC(CCOCC(=O)O)(CC2)CO3)c1. The summed E-state index contributed by atoms with van der Waals surface area (Å²) in [7, 11) is 1.66. The van der Waals surface area contributed by atoms with Crippen molar-refractivity contribution in [3.63, 3.8) is 0 Å². The van der Waals surface area contributed by atoms with Crippen LogP contribution >= 0.6 is 0 Å². The van der Waals surface area contributed by atoms with Crippen LogP contribution in [-0.4, -0.2) is 38.0 Å². The molecule has 1 saturated carbocycles. The van der Waals surface area contributed by atoms with Gasteiger partial charge in [0.1, 0.15) is 23.9 Å². The van der Waals surface area contributed by atoms with Gasteiger partial charge in [-0.1, -0.05) is 18.2 Å². The first-order valence-electron chi connectivity index (χ1n) is 10.4. The number of carboxylic acid groups (broad SMARTS) is 1. The Morgan fingerprint density at radius 1 is 1.03 bits per heavy atom. The van der Waals surface area contributed by atoms with Crippen molar-refractivity contribution in [2.75, 3.05) is 26.9 Å². The molecule has 6 heteroatoms. The van der Waals surface area contributed by atoms with Crippen LogP contribution in [-0.2, 0) is 19.9 Å². The molecule has 0 spiro atoms. The van der Waals surface area contributed by atoms with Crippen molar-refractivity contribution < 1.29 is 28.8 Å². The van der Waals surface area contributed by atoms with E-state index in [1.165, 1.54) is 0 Å². The lowest BCUT2D eigenvalue weighted by Gasteiger charge is -2.53. The zero-order chi connectivity index (χ0) is 21.0. The number of ether oxygens (including phenoxy) is 4. The summed E-state index contributed by atoms with van der Waals surface area (Å²) in [5, 5.41) is 8.73. The molecule has 0 aromatic heterocycles. The fraction of sp³-hybridized carbons (Fsp3) is 0.458. The topological polar surface area (TPSA) is 74.2 Å². The van der Waals surface area contributed by atoms with Crippen molar-refractivity contribution >= 4 is 5.97 Å². The van der Waals surface area contributed by atoms with E-state index >= 15 is 0 Å². The van der Waals surface area contributed by atoms with Crippen LogP contribution in [0.15, 0.2) is 48.5 Å². The van der Waals surface area contributed by atoms with Gasteiger partial charge < -0.3 is 24.1 Å². The van der Waals surface area contributed by atoms with Crippen molar-refractivity contribution in [2.45, 2.75) is 37.7 Å². The van der Waals surface area contributed by atoms with E-state index in [9.17, 15) is 4.79 Å². The van der Waals surface area contributed by atoms with E-state index < -0.39 is 5.97 Å². The first-order valence-corrected chi connectivity index (χ1v) is 10.4. The molecular formula is C24H28O6. The monoisotopic (exact) mass is 412 g/mol. The van der Waals surface area contributed by atoms with Gasteiger partial charge in [-0.3, -0.25) is 0 Å². The molecule has 0 unspecified atom stereocenters. The summed E-state index contributed by atoms with van der Waals surface area (Å²) in [6.07, 6.45) is 4.75. The van der Waals surface area contributed by atoms with Crippen molar-refractivity contribution in [3.8, 4) is 17.2 Å². The summed E-state index contributed by atoms with van der Waals surface area (Å²) in [6, 6.07) is 15.7. The molecule has 2 saturated heterocycles. The van der Waals surface area contributed by atoms with Crippen molar-refractivity contribution in [1.29, 1.82) is 0 Å². The summed E-state index contributed by atoms with van der Waals surface area (Å²) in [5.74, 6) is 1.34. The fourth-order valence-electron chi connectivity index (χ4n) is 4.54. The predicted molar refractivity (Wildman–Crippen MR) is 111 cm³/mol. The van der Waals surface area contributed by atoms with Crippen LogP contribution in [0, 0.1) is 5.41 Å². The molecule has 3 aliphatic rings. The van der Waals surface area contributed by atoms with Gasteiger partial charge in [0.25, 0.3) is 0 Å². The third-order valence-corrected chi connectivity index (χ3v) is 6.40. The van der Waals surface area contributed by atoms with Crippen LogP contribution in [0.5, 0.6) is 17.2 Å². The standard InChI is InChI=1S/C24H28O6/c1-27-20-13-18(14-21(15-20)30-19-5-3-2-4-6-19)24-9-7-23(8-10-24,17-29-24)11-12-28-16-22(25)26/h2-6,13-15H,7-12,16-17H2,1H3,(H,25,26). The Morgan fingerprint density at radius 2 is 1.77 bits per heavy atom. The summed E-state index contributed by atoms with van der Waals surface area (Å²) >= 11 is 0. The highest BCUT2D eigenvalue weighted by Crippen LogP contribution is 2.55. The van der Waals surface area contributed by atoms with Crippen LogP contribution in [0.4, 0.5) is 0 Å². The van der Waals surface area contributed by atoms with Crippen LogP contribution in [0.2, 0.25) is 0 Å². The Hall–Kier alpha value is -2.57. The number of hydrogen-bond donors (Lipinski definition) is 1. The lowest BCUT2D eigenvalue weighted by atomic mass is 9.63. The van der Waals surface area contributed by atoms with Gasteiger partial charge in [0, 0.05) is 12.7 Å². The number of aliphatic carboxylic acids is 1. The minimum Gasteiger partial charge on any atom is -0.497 e. The highest BCUT2D eigenvalue weighted by molar-refractivity contribution is 5.67. The molecule has 160 valence electrons. The van der Waals surface area contributed by atoms with Crippen LogP contribution in [0.3, 0.4) is 0 Å². The molecule has 1 aliphatic carbocycles. The lowest BCUT2D eigenvalue weighted by molar-refractivity contribution is -0.194. The van der Waals surface area contributed by atoms with Crippen LogP contribution < -0.4 is 9.47 Å². The van der Waals surface area contributed by atoms with Gasteiger partial charge >= 0.3 is 5.97 Å². The molecule has 5 rings (SSSR count). The minimum absolute atomic E-state index is 0.0858. The largest absolute Gasteiger partial charge is 0.497 e. The van der Waals surface area contributed by atoms with Crippen molar-refractivity contribution in [1.82, 2.24) is 0 Å². The summed E-state index contributed by atoms with van der Waals surface area (Å²) in [4.78, 5) is 10.6. The highest BCUT2D eigenvalue weighted by atomic mass is 16.5. The molecule has 1 N–H and O–H groups in total. The average molecular weight is 412 g/mol. The normalized spacial score (nSPS) is 25.1. The summed E-state index contributed by atoms with van der Waals surface area (Å²) in [5.41, 5.74) is 0.846. The maximum Gasteiger partial charge on any atom is 0.329 e. The van der Waals surface area contributed by atoms with Crippen LogP contribution in [0.25, 0.3) is 0 Å². The smallest absolute Gasteiger partial charge is 0.329 e. The van der Waals surface area contributed by atoms with Gasteiger partial charge in [0.15, 0.2) is 0 Å². The number of rotatable bonds is 9. The van der Waals surface area contributed by atoms with Gasteiger partial charge in [-0.25, -0.2) is 4.79 Å². The fourth-order valence-corrected chi connectivity index (χ4v) is 4.54. The molecule has 2 aliphatic heterocycles. The molecule has 30 heavy (non-hydrogen) atoms. The van der Waals surface area contributed by atoms with E-state index in [-0.39, 0.29) is 17.6 Å². The van der Waals surface area contributed by atoms with Crippen molar-refractivity contribution in [3.05, 3.63) is 54.1 Å². The second-order valence-electron chi connectivity index (χ2n) is 8.29. The highest BCUT2D eigenvalue weighted by Gasteiger charge is 2.50. The molecule has 2 aromatic carbocycles. The Labute approximate surface area is 176 Å². The molecule has 2 aromatic rings. The van der Waals surface area contributed by atoms with Gasteiger partial charge in [0.05, 0.1) is 19.3 Å². The van der Waals surface area contributed by atoms with E-state index in [1.54, 1.807) is 7.11 Å². The number of fused-ring (bicyclic) bond motifs is 3. The van der Waals surface area contributed by atoms with Gasteiger partial charge in [0.2, 0.25) is 0 Å². The van der Waals surface area contributed by atoms with Crippen LogP contribution in [0.1, 0.15) is 37.7 Å². The average Bonchev–Trinajstić information content (AvgIpc) is 2.78. The number of carboxylic acids is 1. The lowest BCUT2D eigenvalue weighted by Crippen LogP contribution is -2.49. The maximum atomic E-state index is 10.6. The quantitative estimate of drug-likeness (QED) is 0.599. The Balaban J connectivity index is 1.47. The number of methoxy groups -OCH3 is 1. The number of carbonyl (C=O) groups is 1. The number of hydrogen-bond acceptors (Lipinski definition) is 5. The molecule has 0 amide bonds. The molecule has 3 fully saturated rings. The molecule has 0 radical (unpaired) electrons. The number of para-hydroxylation sites is 1. The van der Waals surface area contributed by atoms with Gasteiger partial charge in [-0.05, 0) is 67.3 Å². The number of benzene rings is 2. The second-order valence-corrected chi connectivity index (χ2v) is 8.29. The molecular weight excluding hydrogens is 384 g/mol. The second kappa shape index (κ2) is 8.66. The Kier molecular flexibility index (Phi) is 5.97. The summed E-state index contributed by atoms with van der Waals surface area (Å²) < 4.78 is 23.3. The van der Waals surface area contributed by atoms with E-state index in [0.29, 0.717) is 13.2 Å². The van der Waals surface area contributed by atoms with E-state index in [2.05, 4.69) is 6.07 Å². The van der Waals surface area contributed by atoms with E-state index in [4.69, 9.17) is 24.1 Å². The van der Waals surface area contributed by atoms with E-state index in [0.717, 1.165) is 54.9 Å². The minimum atomic E-state index is -0.929. The van der Waals surface area contributed by atoms with E-state index in [1.807, 2.05) is 42.5 Å². The third kappa shape index (κ3) is 4.45. The molecule has 6 nitrogen and oxygen atoms in total.